The van der Waals surface area contributed by atoms with Crippen molar-refractivity contribution in [1.29, 1.82) is 0 Å². The molecule has 0 spiro atoms. The third kappa shape index (κ3) is 3.23. The fraction of sp³-hybridized carbons (Fsp3) is 0.500. The fourth-order valence-electron chi connectivity index (χ4n) is 2.30. The second kappa shape index (κ2) is 6.02. The molecule has 1 saturated heterocycles. The molecule has 4 nitrogen and oxygen atoms in total. The predicted molar refractivity (Wildman–Crippen MR) is 72.5 cm³/mol. The van der Waals surface area contributed by atoms with Gasteiger partial charge >= 0.3 is 6.03 Å². The first kappa shape index (κ1) is 13.8. The monoisotopic (exact) mass is 265 g/mol. The van der Waals surface area contributed by atoms with Gasteiger partial charge in [0.25, 0.3) is 0 Å². The quantitative estimate of drug-likeness (QED) is 0.798. The Morgan fingerprint density at radius 1 is 1.53 bits per heavy atom. The smallest absolute Gasteiger partial charge is 0.318 e. The van der Waals surface area contributed by atoms with E-state index in [2.05, 4.69) is 10.6 Å². The highest BCUT2D eigenvalue weighted by atomic mass is 19.1. The summed E-state index contributed by atoms with van der Waals surface area (Å²) in [5.41, 5.74) is 1.57. The lowest BCUT2D eigenvalue weighted by Crippen LogP contribution is -2.30. The summed E-state index contributed by atoms with van der Waals surface area (Å²) >= 11 is 0. The summed E-state index contributed by atoms with van der Waals surface area (Å²) in [5.74, 6) is -0.209. The van der Waals surface area contributed by atoms with Gasteiger partial charge in [-0.1, -0.05) is 12.1 Å². The topological polar surface area (TPSA) is 44.4 Å². The van der Waals surface area contributed by atoms with Crippen LogP contribution in [-0.4, -0.2) is 37.6 Å². The summed E-state index contributed by atoms with van der Waals surface area (Å²) in [6.45, 7) is 4.02. The molecular formula is C14H20FN3O. The van der Waals surface area contributed by atoms with Crippen LogP contribution >= 0.6 is 0 Å². The minimum absolute atomic E-state index is 0.0388. The van der Waals surface area contributed by atoms with Crippen molar-refractivity contribution in [2.75, 3.05) is 26.7 Å². The minimum atomic E-state index is -0.209. The molecule has 0 bridgehead atoms. The molecule has 1 fully saturated rings. The molecule has 0 aliphatic carbocycles. The average molecular weight is 265 g/mol. The highest BCUT2D eigenvalue weighted by Gasteiger charge is 2.29. The Morgan fingerprint density at radius 2 is 2.32 bits per heavy atom. The van der Waals surface area contributed by atoms with Crippen LogP contribution in [0.25, 0.3) is 0 Å². The lowest BCUT2D eigenvalue weighted by Gasteiger charge is -2.14. The lowest BCUT2D eigenvalue weighted by molar-refractivity contribution is 0.217. The van der Waals surface area contributed by atoms with Gasteiger partial charge in [0.15, 0.2) is 0 Å². The van der Waals surface area contributed by atoms with E-state index >= 15 is 0 Å². The maximum atomic E-state index is 13.2. The number of hydrogen-bond donors (Lipinski definition) is 2. The largest absolute Gasteiger partial charge is 0.329 e. The van der Waals surface area contributed by atoms with Gasteiger partial charge in [0.1, 0.15) is 5.82 Å². The molecule has 1 unspecified atom stereocenters. The summed E-state index contributed by atoms with van der Waals surface area (Å²) in [4.78, 5) is 13.6. The van der Waals surface area contributed by atoms with Crippen LogP contribution in [0, 0.1) is 12.7 Å². The second-order valence-electron chi connectivity index (χ2n) is 4.91. The molecule has 0 radical (unpaired) electrons. The van der Waals surface area contributed by atoms with Gasteiger partial charge in [-0.05, 0) is 44.1 Å². The predicted octanol–water partition coefficient (Wildman–Crippen LogP) is 1.81. The molecule has 0 aromatic heterocycles. The normalized spacial score (nSPS) is 18.8. The number of amides is 2. The number of aryl methyl sites for hydroxylation is 1. The lowest BCUT2D eigenvalue weighted by atomic mass is 10.0. The number of nitrogens with zero attached hydrogens (tertiary/aromatic N) is 1. The van der Waals surface area contributed by atoms with Gasteiger partial charge in [-0.2, -0.15) is 0 Å². The first-order valence-electron chi connectivity index (χ1n) is 6.58. The molecule has 2 N–H and O–H groups in total. The molecule has 1 aliphatic heterocycles. The van der Waals surface area contributed by atoms with Crippen molar-refractivity contribution in [1.82, 2.24) is 15.5 Å². The van der Waals surface area contributed by atoms with E-state index in [4.69, 9.17) is 0 Å². The third-order valence-corrected chi connectivity index (χ3v) is 3.43. The molecule has 1 aromatic carbocycles. The Kier molecular flexibility index (Phi) is 4.37. The number of carbonyl (C=O) groups is 1. The zero-order valence-corrected chi connectivity index (χ0v) is 11.4. The fourth-order valence-corrected chi connectivity index (χ4v) is 2.30. The van der Waals surface area contributed by atoms with Crippen molar-refractivity contribution in [3.8, 4) is 0 Å². The highest BCUT2D eigenvalue weighted by Crippen LogP contribution is 2.22. The number of nitrogens with one attached hydrogen (secondary N) is 2. The van der Waals surface area contributed by atoms with Gasteiger partial charge in [0, 0.05) is 13.1 Å². The Morgan fingerprint density at radius 3 is 3.00 bits per heavy atom. The standard InChI is InChI=1S/C14H20FN3O/c1-10-8-11(4-5-12(10)15)13-9-18(14(19)17-13)7-3-6-16-2/h4-5,8,13,16H,3,6-7,9H2,1-2H3,(H,17,19). The second-order valence-corrected chi connectivity index (χ2v) is 4.91. The van der Waals surface area contributed by atoms with Crippen LogP contribution < -0.4 is 10.6 Å². The van der Waals surface area contributed by atoms with Crippen molar-refractivity contribution in [2.45, 2.75) is 19.4 Å². The molecule has 19 heavy (non-hydrogen) atoms. The van der Waals surface area contributed by atoms with Gasteiger partial charge in [0.05, 0.1) is 6.04 Å². The first-order chi connectivity index (χ1) is 9.11. The van der Waals surface area contributed by atoms with Crippen LogP contribution in [-0.2, 0) is 0 Å². The van der Waals surface area contributed by atoms with Crippen LogP contribution in [0.4, 0.5) is 9.18 Å². The van der Waals surface area contributed by atoms with Gasteiger partial charge < -0.3 is 15.5 Å². The zero-order chi connectivity index (χ0) is 13.8. The third-order valence-electron chi connectivity index (χ3n) is 3.43. The van der Waals surface area contributed by atoms with Crippen molar-refractivity contribution in [3.63, 3.8) is 0 Å². The summed E-state index contributed by atoms with van der Waals surface area (Å²) < 4.78 is 13.2. The van der Waals surface area contributed by atoms with E-state index < -0.39 is 0 Å². The summed E-state index contributed by atoms with van der Waals surface area (Å²) in [7, 11) is 1.90. The number of hydrogen-bond acceptors (Lipinski definition) is 2. The molecule has 2 rings (SSSR count). The molecule has 1 heterocycles. The number of benzene rings is 1. The zero-order valence-electron chi connectivity index (χ0n) is 11.4. The molecule has 5 heteroatoms. The van der Waals surface area contributed by atoms with Gasteiger partial charge in [-0.3, -0.25) is 0 Å². The minimum Gasteiger partial charge on any atom is -0.329 e. The van der Waals surface area contributed by atoms with Crippen LogP contribution in [0.3, 0.4) is 0 Å². The van der Waals surface area contributed by atoms with E-state index in [1.54, 1.807) is 24.0 Å². The first-order valence-corrected chi connectivity index (χ1v) is 6.58. The van der Waals surface area contributed by atoms with Gasteiger partial charge in [-0.25, -0.2) is 9.18 Å². The van der Waals surface area contributed by atoms with Crippen molar-refractivity contribution >= 4 is 6.03 Å². The summed E-state index contributed by atoms with van der Waals surface area (Å²) in [6, 6.07) is 4.92. The highest BCUT2D eigenvalue weighted by molar-refractivity contribution is 5.77. The van der Waals surface area contributed by atoms with E-state index in [0.29, 0.717) is 12.1 Å². The van der Waals surface area contributed by atoms with E-state index in [9.17, 15) is 9.18 Å². The molecule has 2 amide bonds. The van der Waals surface area contributed by atoms with Crippen molar-refractivity contribution < 1.29 is 9.18 Å². The Balaban J connectivity index is 1.99. The van der Waals surface area contributed by atoms with E-state index in [0.717, 1.165) is 25.1 Å². The maximum Gasteiger partial charge on any atom is 0.318 e. The van der Waals surface area contributed by atoms with Crippen molar-refractivity contribution in [2.24, 2.45) is 0 Å². The Bertz CT molecular complexity index is 464. The SMILES string of the molecule is CNCCCN1CC(c2ccc(F)c(C)c2)NC1=O. The van der Waals surface area contributed by atoms with Crippen LogP contribution in [0.5, 0.6) is 0 Å². The van der Waals surface area contributed by atoms with Gasteiger partial charge in [0.2, 0.25) is 0 Å². The Labute approximate surface area is 113 Å². The van der Waals surface area contributed by atoms with Crippen LogP contribution in [0.1, 0.15) is 23.6 Å². The summed E-state index contributed by atoms with van der Waals surface area (Å²) in [6.07, 6.45) is 0.930. The number of halogens is 1. The van der Waals surface area contributed by atoms with E-state index in [-0.39, 0.29) is 17.9 Å². The molecule has 1 aromatic rings. The Hall–Kier alpha value is -1.62. The average Bonchev–Trinajstić information content (AvgIpc) is 2.75. The molecule has 104 valence electrons. The van der Waals surface area contributed by atoms with Crippen LogP contribution in [0.2, 0.25) is 0 Å². The summed E-state index contributed by atoms with van der Waals surface area (Å²) in [5, 5.41) is 6.00. The molecular weight excluding hydrogens is 245 g/mol. The molecule has 1 aliphatic rings. The number of rotatable bonds is 5. The number of carbonyl (C=O) groups excluding carboxylic acids is 1. The van der Waals surface area contributed by atoms with Crippen LogP contribution in [0.15, 0.2) is 18.2 Å². The van der Waals surface area contributed by atoms with Crippen molar-refractivity contribution in [3.05, 3.63) is 35.1 Å². The van der Waals surface area contributed by atoms with Gasteiger partial charge in [-0.15, -0.1) is 0 Å². The molecule has 1 atom stereocenters. The number of urea groups is 1. The van der Waals surface area contributed by atoms with E-state index in [1.807, 2.05) is 7.05 Å². The maximum absolute atomic E-state index is 13.2. The molecule has 0 saturated carbocycles. The van der Waals surface area contributed by atoms with E-state index in [1.165, 1.54) is 6.07 Å².